The Morgan fingerprint density at radius 2 is 1.68 bits per heavy atom. The third-order valence-corrected chi connectivity index (χ3v) is 6.59. The van der Waals surface area contributed by atoms with Crippen molar-refractivity contribution in [2.24, 2.45) is 4.99 Å². The molecule has 2 aliphatic heterocycles. The highest BCUT2D eigenvalue weighted by atomic mass is 19.4. The Balaban J connectivity index is 1.34. The van der Waals surface area contributed by atoms with E-state index in [1.807, 2.05) is 48.5 Å². The standard InChI is InChI=1S/C28H23F3N6O3/c29-28(30,31)18-10-11-20(22(16-18)37-12-14-39-15-13-37)26-35-36-27(40-26)34-24-25(38)32-21-9-5-4-8-19(21)23(33-24)17-6-2-1-3-7-17/h1-11,16,24H,12-15H2,(H,32,38)(H,34,36). The lowest BCUT2D eigenvalue weighted by atomic mass is 10.0. The van der Waals surface area contributed by atoms with Gasteiger partial charge < -0.3 is 24.7 Å². The summed E-state index contributed by atoms with van der Waals surface area (Å²) in [6.45, 7) is 1.58. The van der Waals surface area contributed by atoms with Gasteiger partial charge in [-0.3, -0.25) is 4.79 Å². The zero-order chi connectivity index (χ0) is 27.7. The summed E-state index contributed by atoms with van der Waals surface area (Å²) in [6.07, 6.45) is -5.64. The number of aromatic nitrogens is 2. The SMILES string of the molecule is O=C1Nc2ccccc2C(c2ccccc2)=NC1Nc1nnc(-c2ccc(C(F)(F)F)cc2N2CCOCC2)o1. The molecule has 2 aliphatic rings. The fraction of sp³-hybridized carbons (Fsp3) is 0.214. The number of fused-ring (bicyclic) bond motifs is 1. The number of amides is 1. The molecule has 9 nitrogen and oxygen atoms in total. The molecule has 3 heterocycles. The number of anilines is 3. The molecule has 2 N–H and O–H groups in total. The van der Waals surface area contributed by atoms with E-state index in [0.717, 1.165) is 23.3 Å². The van der Waals surface area contributed by atoms with E-state index in [-0.39, 0.29) is 11.9 Å². The number of carbonyl (C=O) groups is 1. The van der Waals surface area contributed by atoms with Crippen molar-refractivity contribution in [3.8, 4) is 11.5 Å². The smallest absolute Gasteiger partial charge is 0.403 e. The molecule has 1 fully saturated rings. The Hall–Kier alpha value is -4.71. The predicted molar refractivity (Wildman–Crippen MR) is 142 cm³/mol. The van der Waals surface area contributed by atoms with Crippen LogP contribution in [0.15, 0.2) is 82.2 Å². The lowest BCUT2D eigenvalue weighted by Crippen LogP contribution is -2.36. The predicted octanol–water partition coefficient (Wildman–Crippen LogP) is 4.82. The molecule has 0 bridgehead atoms. The molecule has 6 rings (SSSR count). The van der Waals surface area contributed by atoms with E-state index in [9.17, 15) is 18.0 Å². The number of ether oxygens (including phenoxy) is 1. The van der Waals surface area contributed by atoms with Gasteiger partial charge in [0.2, 0.25) is 6.17 Å². The van der Waals surface area contributed by atoms with Crippen LogP contribution in [-0.2, 0) is 15.7 Å². The van der Waals surface area contributed by atoms with Crippen molar-refractivity contribution in [1.82, 2.24) is 10.2 Å². The number of nitrogens with zero attached hydrogens (tertiary/aromatic N) is 4. The van der Waals surface area contributed by atoms with E-state index in [1.54, 1.807) is 11.0 Å². The number of benzene rings is 3. The second kappa shape index (κ2) is 10.5. The van der Waals surface area contributed by atoms with Gasteiger partial charge in [-0.1, -0.05) is 53.6 Å². The van der Waals surface area contributed by atoms with Gasteiger partial charge in [0.1, 0.15) is 0 Å². The molecule has 204 valence electrons. The Kier molecular flexibility index (Phi) is 6.68. The first-order valence-electron chi connectivity index (χ1n) is 12.5. The zero-order valence-electron chi connectivity index (χ0n) is 21.0. The van der Waals surface area contributed by atoms with Gasteiger partial charge in [-0.05, 0) is 24.3 Å². The molecule has 4 aromatic rings. The normalized spacial score (nSPS) is 17.5. The highest BCUT2D eigenvalue weighted by molar-refractivity contribution is 6.19. The number of hydrogen-bond acceptors (Lipinski definition) is 8. The van der Waals surface area contributed by atoms with Crippen LogP contribution in [0.5, 0.6) is 0 Å². The molecule has 3 aromatic carbocycles. The van der Waals surface area contributed by atoms with Gasteiger partial charge in [0.15, 0.2) is 0 Å². The number of para-hydroxylation sites is 1. The molecule has 40 heavy (non-hydrogen) atoms. The zero-order valence-corrected chi connectivity index (χ0v) is 21.0. The fourth-order valence-electron chi connectivity index (χ4n) is 4.64. The average Bonchev–Trinajstić information content (AvgIpc) is 3.38. The summed E-state index contributed by atoms with van der Waals surface area (Å²) < 4.78 is 51.7. The first kappa shape index (κ1) is 25.6. The summed E-state index contributed by atoms with van der Waals surface area (Å²) in [7, 11) is 0. The van der Waals surface area contributed by atoms with Crippen molar-refractivity contribution in [1.29, 1.82) is 0 Å². The summed E-state index contributed by atoms with van der Waals surface area (Å²) in [5, 5.41) is 13.8. The highest BCUT2D eigenvalue weighted by Crippen LogP contribution is 2.38. The van der Waals surface area contributed by atoms with E-state index in [2.05, 4.69) is 20.8 Å². The minimum absolute atomic E-state index is 0.00212. The van der Waals surface area contributed by atoms with Gasteiger partial charge in [0, 0.05) is 24.2 Å². The lowest BCUT2D eigenvalue weighted by molar-refractivity contribution is -0.137. The maximum atomic E-state index is 13.5. The molecular formula is C28H23F3N6O3. The number of hydrogen-bond donors (Lipinski definition) is 2. The van der Waals surface area contributed by atoms with Crippen LogP contribution < -0.4 is 15.5 Å². The molecule has 0 aliphatic carbocycles. The molecule has 0 saturated carbocycles. The highest BCUT2D eigenvalue weighted by Gasteiger charge is 2.33. The van der Waals surface area contributed by atoms with Crippen molar-refractivity contribution in [3.05, 3.63) is 89.5 Å². The van der Waals surface area contributed by atoms with E-state index in [0.29, 0.717) is 49.0 Å². The summed E-state index contributed by atoms with van der Waals surface area (Å²) in [4.78, 5) is 19.6. The minimum atomic E-state index is -4.51. The quantitative estimate of drug-likeness (QED) is 0.369. The Bertz CT molecular complexity index is 1570. The van der Waals surface area contributed by atoms with E-state index >= 15 is 0 Å². The molecular weight excluding hydrogens is 525 g/mol. The first-order chi connectivity index (χ1) is 19.4. The van der Waals surface area contributed by atoms with Gasteiger partial charge in [-0.2, -0.15) is 13.2 Å². The second-order valence-electron chi connectivity index (χ2n) is 9.17. The third-order valence-electron chi connectivity index (χ3n) is 6.59. The van der Waals surface area contributed by atoms with Crippen LogP contribution in [0.2, 0.25) is 0 Å². The summed E-state index contributed by atoms with van der Waals surface area (Å²) in [6, 6.07) is 20.0. The van der Waals surface area contributed by atoms with Crippen LogP contribution in [0.25, 0.3) is 11.5 Å². The van der Waals surface area contributed by atoms with E-state index in [1.165, 1.54) is 6.07 Å². The molecule has 1 aromatic heterocycles. The van der Waals surface area contributed by atoms with Gasteiger partial charge in [-0.15, -0.1) is 5.10 Å². The molecule has 12 heteroatoms. The number of halogens is 3. The monoisotopic (exact) mass is 548 g/mol. The number of nitrogens with one attached hydrogen (secondary N) is 2. The Labute approximate surface area is 226 Å². The molecule has 1 amide bonds. The Morgan fingerprint density at radius 1 is 0.925 bits per heavy atom. The molecule has 1 atom stereocenters. The van der Waals surface area contributed by atoms with Crippen LogP contribution in [0.1, 0.15) is 16.7 Å². The summed E-state index contributed by atoms with van der Waals surface area (Å²) in [5.74, 6) is -0.441. The Morgan fingerprint density at radius 3 is 2.45 bits per heavy atom. The maximum absolute atomic E-state index is 13.5. The number of morpholine rings is 1. The number of benzodiazepines with no additional fused rings is 1. The van der Waals surface area contributed by atoms with Gasteiger partial charge in [0.05, 0.1) is 41.4 Å². The van der Waals surface area contributed by atoms with Crippen LogP contribution in [0.4, 0.5) is 30.6 Å². The van der Waals surface area contributed by atoms with Crippen molar-refractivity contribution in [3.63, 3.8) is 0 Å². The second-order valence-corrected chi connectivity index (χ2v) is 9.17. The lowest BCUT2D eigenvalue weighted by Gasteiger charge is -2.30. The molecule has 0 spiro atoms. The van der Waals surface area contributed by atoms with Gasteiger partial charge in [0.25, 0.3) is 11.8 Å². The van der Waals surface area contributed by atoms with Gasteiger partial charge in [-0.25, -0.2) is 4.99 Å². The minimum Gasteiger partial charge on any atom is -0.403 e. The largest absolute Gasteiger partial charge is 0.416 e. The third kappa shape index (κ3) is 5.13. The average molecular weight is 549 g/mol. The number of rotatable bonds is 5. The maximum Gasteiger partial charge on any atom is 0.416 e. The van der Waals surface area contributed by atoms with Crippen LogP contribution in [0, 0.1) is 0 Å². The van der Waals surface area contributed by atoms with Crippen LogP contribution in [0.3, 0.4) is 0 Å². The van der Waals surface area contributed by atoms with Crippen molar-refractivity contribution < 1.29 is 27.1 Å². The first-order valence-corrected chi connectivity index (χ1v) is 12.5. The molecule has 1 unspecified atom stereocenters. The van der Waals surface area contributed by atoms with E-state index in [4.69, 9.17) is 14.1 Å². The molecule has 0 radical (unpaired) electrons. The van der Waals surface area contributed by atoms with Crippen LogP contribution >= 0.6 is 0 Å². The van der Waals surface area contributed by atoms with Crippen molar-refractivity contribution >= 4 is 29.0 Å². The van der Waals surface area contributed by atoms with E-state index < -0.39 is 23.8 Å². The van der Waals surface area contributed by atoms with Crippen molar-refractivity contribution in [2.45, 2.75) is 12.3 Å². The van der Waals surface area contributed by atoms with Crippen molar-refractivity contribution in [2.75, 3.05) is 41.8 Å². The molecule has 1 saturated heterocycles. The number of aliphatic imine (C=N–C) groups is 1. The van der Waals surface area contributed by atoms with Crippen LogP contribution in [-0.4, -0.2) is 54.3 Å². The topological polar surface area (TPSA) is 105 Å². The number of carbonyl (C=O) groups excluding carboxylic acids is 1. The fourth-order valence-corrected chi connectivity index (χ4v) is 4.64. The number of alkyl halides is 3. The van der Waals surface area contributed by atoms with Gasteiger partial charge >= 0.3 is 12.2 Å². The summed E-state index contributed by atoms with van der Waals surface area (Å²) in [5.41, 5.74) is 2.60. The summed E-state index contributed by atoms with van der Waals surface area (Å²) >= 11 is 0.